The number of benzene rings is 1. The molecular formula is C16H24N2O2. The van der Waals surface area contributed by atoms with Crippen LogP contribution in [-0.2, 0) is 11.3 Å². The van der Waals surface area contributed by atoms with E-state index in [-0.39, 0.29) is 5.97 Å². The molecule has 1 aliphatic heterocycles. The van der Waals surface area contributed by atoms with Gasteiger partial charge in [-0.2, -0.15) is 0 Å². The molecule has 0 saturated carbocycles. The number of carbonyl (C=O) groups is 1. The predicted molar refractivity (Wildman–Crippen MR) is 79.8 cm³/mol. The van der Waals surface area contributed by atoms with Crippen LogP contribution in [0.15, 0.2) is 24.3 Å². The highest BCUT2D eigenvalue weighted by Gasteiger charge is 2.21. The van der Waals surface area contributed by atoms with Gasteiger partial charge in [-0.3, -0.25) is 4.90 Å². The first-order chi connectivity index (χ1) is 9.46. The molecule has 1 aromatic rings. The lowest BCUT2D eigenvalue weighted by molar-refractivity contribution is 0.00673. The maximum absolute atomic E-state index is 12.3. The van der Waals surface area contributed by atoms with Crippen molar-refractivity contribution in [3.8, 4) is 0 Å². The Morgan fingerprint density at radius 2 is 1.90 bits per heavy atom. The van der Waals surface area contributed by atoms with Crippen molar-refractivity contribution in [3.63, 3.8) is 0 Å². The van der Waals surface area contributed by atoms with Crippen LogP contribution in [-0.4, -0.2) is 42.6 Å². The molecule has 2 rings (SSSR count). The van der Waals surface area contributed by atoms with E-state index in [1.54, 1.807) is 0 Å². The zero-order valence-corrected chi connectivity index (χ0v) is 12.6. The largest absolute Gasteiger partial charge is 0.456 e. The van der Waals surface area contributed by atoms with Crippen molar-refractivity contribution in [2.24, 2.45) is 0 Å². The number of rotatable bonds is 3. The van der Waals surface area contributed by atoms with Gasteiger partial charge in [0.2, 0.25) is 0 Å². The van der Waals surface area contributed by atoms with Gasteiger partial charge in [-0.1, -0.05) is 18.2 Å². The van der Waals surface area contributed by atoms with Gasteiger partial charge in [0.15, 0.2) is 0 Å². The van der Waals surface area contributed by atoms with Crippen molar-refractivity contribution in [3.05, 3.63) is 35.4 Å². The third kappa shape index (κ3) is 4.32. The van der Waals surface area contributed by atoms with Gasteiger partial charge in [0.25, 0.3) is 0 Å². The van der Waals surface area contributed by atoms with Crippen LogP contribution < -0.4 is 5.32 Å². The summed E-state index contributed by atoms with van der Waals surface area (Å²) in [7, 11) is 0. The number of carbonyl (C=O) groups excluding carboxylic acids is 1. The van der Waals surface area contributed by atoms with Gasteiger partial charge in [0, 0.05) is 32.7 Å². The number of hydrogen-bond donors (Lipinski definition) is 1. The monoisotopic (exact) mass is 276 g/mol. The molecule has 1 fully saturated rings. The van der Waals surface area contributed by atoms with E-state index in [0.29, 0.717) is 5.56 Å². The quantitative estimate of drug-likeness (QED) is 0.858. The second-order valence-electron chi connectivity index (χ2n) is 6.19. The fourth-order valence-corrected chi connectivity index (χ4v) is 2.30. The summed E-state index contributed by atoms with van der Waals surface area (Å²) in [4.78, 5) is 14.6. The SMILES string of the molecule is CC(C)(C)OC(=O)c1ccccc1CN1CCNCC1. The summed E-state index contributed by atoms with van der Waals surface area (Å²) in [5.41, 5.74) is 1.27. The van der Waals surface area contributed by atoms with Crippen molar-refractivity contribution in [1.82, 2.24) is 10.2 Å². The number of nitrogens with zero attached hydrogens (tertiary/aromatic N) is 1. The molecule has 1 saturated heterocycles. The maximum Gasteiger partial charge on any atom is 0.338 e. The Bertz CT molecular complexity index is 460. The van der Waals surface area contributed by atoms with E-state index in [4.69, 9.17) is 4.74 Å². The molecule has 1 heterocycles. The lowest BCUT2D eigenvalue weighted by atomic mass is 10.1. The van der Waals surface area contributed by atoms with Crippen molar-refractivity contribution in [1.29, 1.82) is 0 Å². The van der Waals surface area contributed by atoms with Crippen molar-refractivity contribution >= 4 is 5.97 Å². The first-order valence-corrected chi connectivity index (χ1v) is 7.20. The second-order valence-corrected chi connectivity index (χ2v) is 6.19. The normalized spacial score (nSPS) is 16.9. The Kier molecular flexibility index (Phi) is 4.78. The van der Waals surface area contributed by atoms with Crippen LogP contribution in [0.25, 0.3) is 0 Å². The van der Waals surface area contributed by atoms with E-state index < -0.39 is 5.60 Å². The van der Waals surface area contributed by atoms with E-state index in [1.165, 1.54) is 0 Å². The summed E-state index contributed by atoms with van der Waals surface area (Å²) in [5.74, 6) is -0.233. The molecule has 4 heteroatoms. The molecule has 0 aliphatic carbocycles. The van der Waals surface area contributed by atoms with E-state index in [9.17, 15) is 4.79 Å². The lowest BCUT2D eigenvalue weighted by Crippen LogP contribution is -2.43. The smallest absolute Gasteiger partial charge is 0.338 e. The summed E-state index contributed by atoms with van der Waals surface area (Å²) < 4.78 is 5.48. The van der Waals surface area contributed by atoms with Gasteiger partial charge in [-0.15, -0.1) is 0 Å². The zero-order chi connectivity index (χ0) is 14.6. The second kappa shape index (κ2) is 6.37. The molecule has 0 amide bonds. The maximum atomic E-state index is 12.3. The number of esters is 1. The standard InChI is InChI=1S/C16H24N2O2/c1-16(2,3)20-15(19)14-7-5-4-6-13(14)12-18-10-8-17-9-11-18/h4-7,17H,8-12H2,1-3H3. The Hall–Kier alpha value is -1.39. The number of piperazine rings is 1. The Labute approximate surface area is 121 Å². The highest BCUT2D eigenvalue weighted by atomic mass is 16.6. The number of hydrogen-bond acceptors (Lipinski definition) is 4. The molecule has 1 aromatic carbocycles. The zero-order valence-electron chi connectivity index (χ0n) is 12.6. The molecular weight excluding hydrogens is 252 g/mol. The minimum Gasteiger partial charge on any atom is -0.456 e. The average molecular weight is 276 g/mol. The van der Waals surface area contributed by atoms with Crippen LogP contribution in [0.4, 0.5) is 0 Å². The van der Waals surface area contributed by atoms with Gasteiger partial charge in [-0.05, 0) is 32.4 Å². The fraction of sp³-hybridized carbons (Fsp3) is 0.562. The Balaban J connectivity index is 2.11. The first-order valence-electron chi connectivity index (χ1n) is 7.20. The predicted octanol–water partition coefficient (Wildman–Crippen LogP) is 2.05. The minimum atomic E-state index is -0.459. The summed E-state index contributed by atoms with van der Waals surface area (Å²) >= 11 is 0. The summed E-state index contributed by atoms with van der Waals surface area (Å²) in [6.07, 6.45) is 0. The van der Waals surface area contributed by atoms with Gasteiger partial charge in [0.1, 0.15) is 5.60 Å². The topological polar surface area (TPSA) is 41.6 Å². The molecule has 4 nitrogen and oxygen atoms in total. The molecule has 0 atom stereocenters. The van der Waals surface area contributed by atoms with Crippen LogP contribution in [0, 0.1) is 0 Å². The van der Waals surface area contributed by atoms with Crippen molar-refractivity contribution < 1.29 is 9.53 Å². The average Bonchev–Trinajstić information content (AvgIpc) is 2.38. The van der Waals surface area contributed by atoms with Crippen LogP contribution in [0.1, 0.15) is 36.7 Å². The van der Waals surface area contributed by atoms with Crippen molar-refractivity contribution in [2.75, 3.05) is 26.2 Å². The Morgan fingerprint density at radius 1 is 1.25 bits per heavy atom. The lowest BCUT2D eigenvalue weighted by Gasteiger charge is -2.28. The minimum absolute atomic E-state index is 0.233. The van der Waals surface area contributed by atoms with Gasteiger partial charge < -0.3 is 10.1 Å². The molecule has 0 bridgehead atoms. The molecule has 1 aliphatic rings. The molecule has 0 aromatic heterocycles. The van der Waals surface area contributed by atoms with E-state index in [2.05, 4.69) is 10.2 Å². The van der Waals surface area contributed by atoms with E-state index in [1.807, 2.05) is 45.0 Å². The van der Waals surface area contributed by atoms with Gasteiger partial charge in [0.05, 0.1) is 5.56 Å². The third-order valence-corrected chi connectivity index (χ3v) is 3.24. The Morgan fingerprint density at radius 3 is 2.55 bits per heavy atom. The third-order valence-electron chi connectivity index (χ3n) is 3.24. The number of ether oxygens (including phenoxy) is 1. The van der Waals surface area contributed by atoms with Crippen LogP contribution in [0.3, 0.4) is 0 Å². The van der Waals surface area contributed by atoms with Crippen molar-refractivity contribution in [2.45, 2.75) is 32.9 Å². The van der Waals surface area contributed by atoms with E-state index >= 15 is 0 Å². The fourth-order valence-electron chi connectivity index (χ4n) is 2.30. The van der Waals surface area contributed by atoms with E-state index in [0.717, 1.165) is 38.3 Å². The first kappa shape index (κ1) is 15.0. The van der Waals surface area contributed by atoms with Crippen LogP contribution >= 0.6 is 0 Å². The van der Waals surface area contributed by atoms with Crippen LogP contribution in [0.5, 0.6) is 0 Å². The molecule has 0 radical (unpaired) electrons. The van der Waals surface area contributed by atoms with Gasteiger partial charge >= 0.3 is 5.97 Å². The highest BCUT2D eigenvalue weighted by Crippen LogP contribution is 2.17. The summed E-state index contributed by atoms with van der Waals surface area (Å²) in [6.45, 7) is 10.5. The highest BCUT2D eigenvalue weighted by molar-refractivity contribution is 5.91. The summed E-state index contributed by atoms with van der Waals surface area (Å²) in [5, 5.41) is 3.34. The molecule has 0 unspecified atom stereocenters. The van der Waals surface area contributed by atoms with Crippen LogP contribution in [0.2, 0.25) is 0 Å². The molecule has 20 heavy (non-hydrogen) atoms. The van der Waals surface area contributed by atoms with Gasteiger partial charge in [-0.25, -0.2) is 4.79 Å². The molecule has 1 N–H and O–H groups in total. The number of nitrogens with one attached hydrogen (secondary N) is 1. The summed E-state index contributed by atoms with van der Waals surface area (Å²) in [6, 6.07) is 7.73. The molecule has 0 spiro atoms. The molecule has 110 valence electrons.